The van der Waals surface area contributed by atoms with Crippen LogP contribution in [0.1, 0.15) is 130 Å². The van der Waals surface area contributed by atoms with Crippen LogP contribution in [0.4, 0.5) is 9.59 Å². The summed E-state index contributed by atoms with van der Waals surface area (Å²) in [5, 5.41) is 0. The summed E-state index contributed by atoms with van der Waals surface area (Å²) in [4.78, 5) is 34.3. The van der Waals surface area contributed by atoms with Crippen molar-refractivity contribution in [3.8, 4) is 0 Å². The highest BCUT2D eigenvalue weighted by atomic mass is 16.5. The number of fused-ring (bicyclic) bond motifs is 1. The summed E-state index contributed by atoms with van der Waals surface area (Å²) in [7, 11) is 0. The first-order chi connectivity index (χ1) is 20.6. The fourth-order valence-corrected chi connectivity index (χ4v) is 5.46. The molecule has 42 heavy (non-hydrogen) atoms. The zero-order chi connectivity index (χ0) is 30.4. The highest BCUT2D eigenvalue weighted by Gasteiger charge is 2.59. The minimum atomic E-state index is -0.524. The van der Waals surface area contributed by atoms with Gasteiger partial charge < -0.3 is 18.9 Å². The molecule has 246 valence electrons. The lowest BCUT2D eigenvalue weighted by Crippen LogP contribution is -2.48. The predicted octanol–water partition coefficient (Wildman–Crippen LogP) is 7.33. The molecule has 0 atom stereocenters. The quantitative estimate of drug-likeness (QED) is 0.0877. The number of carbonyl (C=O) groups excluding carboxylic acids is 2. The summed E-state index contributed by atoms with van der Waals surface area (Å²) in [6.07, 6.45) is 16.5. The van der Waals surface area contributed by atoms with E-state index >= 15 is 0 Å². The van der Waals surface area contributed by atoms with Gasteiger partial charge in [0.2, 0.25) is 0 Å². The lowest BCUT2D eigenvalue weighted by atomic mass is 10.2. The second kappa shape index (κ2) is 22.9. The van der Waals surface area contributed by atoms with Gasteiger partial charge in [-0.1, -0.05) is 105 Å². The molecule has 2 heterocycles. The van der Waals surface area contributed by atoms with E-state index in [0.29, 0.717) is 26.4 Å². The van der Waals surface area contributed by atoms with Crippen LogP contribution in [0.2, 0.25) is 0 Å². The molecule has 0 bridgehead atoms. The first-order valence-electron chi connectivity index (χ1n) is 17.1. The number of urea groups is 2. The topological polar surface area (TPSA) is 84.0 Å². The summed E-state index contributed by atoms with van der Waals surface area (Å²) in [5.41, 5.74) is 0. The molecule has 0 aromatic carbocycles. The fraction of sp³-hybridized carbons (Fsp3) is 0.938. The van der Waals surface area contributed by atoms with Gasteiger partial charge >= 0.3 is 12.1 Å². The third kappa shape index (κ3) is 12.2. The Morgan fingerprint density at radius 2 is 0.643 bits per heavy atom. The van der Waals surface area contributed by atoms with Gasteiger partial charge in [-0.3, -0.25) is 19.6 Å². The van der Waals surface area contributed by atoms with Gasteiger partial charge in [-0.15, -0.1) is 0 Å². The molecule has 0 spiro atoms. The molecule has 4 amide bonds. The van der Waals surface area contributed by atoms with Crippen LogP contribution >= 0.6 is 0 Å². The van der Waals surface area contributed by atoms with E-state index in [4.69, 9.17) is 18.9 Å². The molecule has 0 N–H and O–H groups in total. The van der Waals surface area contributed by atoms with E-state index in [0.717, 1.165) is 77.0 Å². The molecule has 0 radical (unpaired) electrons. The van der Waals surface area contributed by atoms with Crippen molar-refractivity contribution < 1.29 is 28.5 Å². The van der Waals surface area contributed by atoms with Crippen molar-refractivity contribution in [1.82, 2.24) is 19.6 Å². The normalized spacial score (nSPS) is 18.7. The second-order valence-corrected chi connectivity index (χ2v) is 11.7. The molecular weight excluding hydrogens is 536 g/mol. The van der Waals surface area contributed by atoms with Crippen LogP contribution in [0.3, 0.4) is 0 Å². The van der Waals surface area contributed by atoms with Gasteiger partial charge in [0, 0.05) is 26.4 Å². The molecule has 0 aromatic heterocycles. The monoisotopic (exact) mass is 598 g/mol. The van der Waals surface area contributed by atoms with Crippen molar-refractivity contribution in [2.45, 2.75) is 143 Å². The Morgan fingerprint density at radius 1 is 0.405 bits per heavy atom. The van der Waals surface area contributed by atoms with Crippen LogP contribution in [-0.2, 0) is 18.9 Å². The van der Waals surface area contributed by atoms with Crippen molar-refractivity contribution in [3.63, 3.8) is 0 Å². The maximum atomic E-state index is 13.8. The van der Waals surface area contributed by atoms with Crippen LogP contribution < -0.4 is 0 Å². The SMILES string of the molecule is CCCCCCOCN1C(=O)N(COCCCCCC)C2C1N(COCCCCCC)C(=O)N2COCCCCCC. The Hall–Kier alpha value is -1.62. The van der Waals surface area contributed by atoms with E-state index in [1.54, 1.807) is 19.6 Å². The number of unbranched alkanes of at least 4 members (excludes halogenated alkanes) is 12. The fourth-order valence-electron chi connectivity index (χ4n) is 5.46. The van der Waals surface area contributed by atoms with Crippen LogP contribution in [0.5, 0.6) is 0 Å². The molecule has 2 saturated heterocycles. The zero-order valence-electron chi connectivity index (χ0n) is 27.4. The van der Waals surface area contributed by atoms with Gasteiger partial charge in [-0.25, -0.2) is 9.59 Å². The molecule has 0 unspecified atom stereocenters. The number of hydrogen-bond donors (Lipinski definition) is 0. The zero-order valence-corrected chi connectivity index (χ0v) is 27.4. The predicted molar refractivity (Wildman–Crippen MR) is 166 cm³/mol. The first-order valence-corrected chi connectivity index (χ1v) is 17.1. The molecule has 2 aliphatic rings. The number of nitrogens with zero attached hydrogens (tertiary/aromatic N) is 4. The third-order valence-electron chi connectivity index (χ3n) is 8.02. The van der Waals surface area contributed by atoms with Crippen LogP contribution in [0, 0.1) is 0 Å². The molecule has 0 saturated carbocycles. The standard InChI is InChI=1S/C32H62N4O6/c1-5-9-13-17-21-39-25-33-29-30(35(31(33)37)27-41-23-19-15-11-7-3)36(28-42-24-20-16-12-8-4)32(38)34(29)26-40-22-18-14-10-6-2/h29-30H,5-28H2,1-4H3. The van der Waals surface area contributed by atoms with Gasteiger partial charge in [0.05, 0.1) is 0 Å². The molecular formula is C32H62N4O6. The molecule has 0 aliphatic carbocycles. The maximum absolute atomic E-state index is 13.8. The minimum Gasteiger partial charge on any atom is -0.361 e. The minimum absolute atomic E-state index is 0.130. The van der Waals surface area contributed by atoms with E-state index in [1.807, 2.05) is 0 Å². The third-order valence-corrected chi connectivity index (χ3v) is 8.02. The Morgan fingerprint density at radius 3 is 0.857 bits per heavy atom. The largest absolute Gasteiger partial charge is 0.361 e. The van der Waals surface area contributed by atoms with Crippen molar-refractivity contribution in [2.24, 2.45) is 0 Å². The van der Waals surface area contributed by atoms with Crippen LogP contribution in [0.25, 0.3) is 0 Å². The van der Waals surface area contributed by atoms with E-state index in [-0.39, 0.29) is 39.0 Å². The Balaban J connectivity index is 2.13. The van der Waals surface area contributed by atoms with Crippen LogP contribution in [0.15, 0.2) is 0 Å². The molecule has 2 aliphatic heterocycles. The summed E-state index contributed by atoms with van der Waals surface area (Å²) < 4.78 is 24.0. The van der Waals surface area contributed by atoms with E-state index in [1.165, 1.54) is 25.7 Å². The van der Waals surface area contributed by atoms with E-state index < -0.39 is 12.3 Å². The molecule has 0 aromatic rings. The summed E-state index contributed by atoms with van der Waals surface area (Å²) in [6.45, 7) is 11.6. The number of carbonyl (C=O) groups is 2. The Kier molecular flexibility index (Phi) is 19.9. The average Bonchev–Trinajstić information content (AvgIpc) is 3.41. The maximum Gasteiger partial charge on any atom is 0.327 e. The molecule has 10 nitrogen and oxygen atoms in total. The summed E-state index contributed by atoms with van der Waals surface area (Å²) in [6, 6.07) is -0.360. The van der Waals surface area contributed by atoms with Crippen molar-refractivity contribution in [3.05, 3.63) is 0 Å². The van der Waals surface area contributed by atoms with Gasteiger partial charge in [-0.2, -0.15) is 0 Å². The highest BCUT2D eigenvalue weighted by Crippen LogP contribution is 2.35. The van der Waals surface area contributed by atoms with Crippen molar-refractivity contribution in [1.29, 1.82) is 0 Å². The number of hydrogen-bond acceptors (Lipinski definition) is 6. The van der Waals surface area contributed by atoms with Crippen LogP contribution in [-0.4, -0.2) is 97.3 Å². The lowest BCUT2D eigenvalue weighted by molar-refractivity contribution is -0.0370. The van der Waals surface area contributed by atoms with Gasteiger partial charge in [0.1, 0.15) is 26.9 Å². The van der Waals surface area contributed by atoms with E-state index in [2.05, 4.69) is 27.7 Å². The number of rotatable bonds is 28. The van der Waals surface area contributed by atoms with Gasteiger partial charge in [-0.05, 0) is 25.7 Å². The second-order valence-electron chi connectivity index (χ2n) is 11.7. The molecule has 10 heteroatoms. The Labute approximate surface area is 256 Å². The number of amides is 4. The average molecular weight is 599 g/mol. The first kappa shape index (κ1) is 36.6. The van der Waals surface area contributed by atoms with Gasteiger partial charge in [0.15, 0.2) is 12.3 Å². The van der Waals surface area contributed by atoms with E-state index in [9.17, 15) is 9.59 Å². The smallest absolute Gasteiger partial charge is 0.327 e. The molecule has 2 fully saturated rings. The summed E-state index contributed by atoms with van der Waals surface area (Å²) in [5.74, 6) is 0. The summed E-state index contributed by atoms with van der Waals surface area (Å²) >= 11 is 0. The molecule has 2 rings (SSSR count). The number of ether oxygens (including phenoxy) is 4. The van der Waals surface area contributed by atoms with Crippen molar-refractivity contribution in [2.75, 3.05) is 53.4 Å². The van der Waals surface area contributed by atoms with Gasteiger partial charge in [0.25, 0.3) is 0 Å². The highest BCUT2D eigenvalue weighted by molar-refractivity contribution is 5.85. The van der Waals surface area contributed by atoms with Crippen molar-refractivity contribution >= 4 is 12.1 Å². The Bertz CT molecular complexity index is 604. The lowest BCUT2D eigenvalue weighted by Gasteiger charge is -2.29.